The van der Waals surface area contributed by atoms with E-state index in [1.54, 1.807) is 0 Å². The molecule has 0 bridgehead atoms. The molecule has 2 N–H and O–H groups in total. The Kier molecular flexibility index (Phi) is 2.32. The van der Waals surface area contributed by atoms with Crippen molar-refractivity contribution in [2.24, 2.45) is 5.90 Å². The molecule has 1 unspecified atom stereocenters. The standard InChI is InChI=1S/C5H5N5O3P/c6-12-14(11)13-10-3-9-4-1-7-2-8-5(4)10/h1-3H,6H2/q+1. The fourth-order valence-electron chi connectivity index (χ4n) is 0.897. The zero-order valence-corrected chi connectivity index (χ0v) is 7.66. The zero-order valence-electron chi connectivity index (χ0n) is 6.77. The molecule has 0 radical (unpaired) electrons. The first kappa shape index (κ1) is 8.95. The van der Waals surface area contributed by atoms with Crippen molar-refractivity contribution >= 4 is 19.4 Å². The second-order valence-corrected chi connectivity index (χ2v) is 3.03. The van der Waals surface area contributed by atoms with Crippen molar-refractivity contribution < 1.29 is 13.8 Å². The van der Waals surface area contributed by atoms with E-state index in [1.165, 1.54) is 18.9 Å². The van der Waals surface area contributed by atoms with Crippen molar-refractivity contribution in [3.05, 3.63) is 18.9 Å². The van der Waals surface area contributed by atoms with Crippen molar-refractivity contribution in [3.63, 3.8) is 0 Å². The van der Waals surface area contributed by atoms with Crippen LogP contribution < -0.4 is 10.5 Å². The second kappa shape index (κ2) is 3.62. The van der Waals surface area contributed by atoms with Gasteiger partial charge >= 0.3 is 8.25 Å². The number of imidazole rings is 1. The van der Waals surface area contributed by atoms with E-state index in [2.05, 4.69) is 25.5 Å². The average molecular weight is 214 g/mol. The van der Waals surface area contributed by atoms with E-state index in [0.717, 1.165) is 4.73 Å². The van der Waals surface area contributed by atoms with E-state index in [9.17, 15) is 4.57 Å². The lowest BCUT2D eigenvalue weighted by atomic mass is 10.6. The van der Waals surface area contributed by atoms with Crippen molar-refractivity contribution in [1.29, 1.82) is 0 Å². The fourth-order valence-corrected chi connectivity index (χ4v) is 1.20. The largest absolute Gasteiger partial charge is 0.790 e. The number of hydrogen-bond donors (Lipinski definition) is 1. The number of fused-ring (bicyclic) bond motifs is 1. The molecular formula is C5H5N5O3P+. The monoisotopic (exact) mass is 214 g/mol. The van der Waals surface area contributed by atoms with Gasteiger partial charge in [-0.05, 0) is 4.62 Å². The highest BCUT2D eigenvalue weighted by Gasteiger charge is 2.22. The summed E-state index contributed by atoms with van der Waals surface area (Å²) in [6.45, 7) is 0. The summed E-state index contributed by atoms with van der Waals surface area (Å²) in [6.07, 6.45) is 4.12. The molecule has 0 amide bonds. The van der Waals surface area contributed by atoms with Crippen LogP contribution in [0.15, 0.2) is 18.9 Å². The van der Waals surface area contributed by atoms with E-state index in [0.29, 0.717) is 11.2 Å². The van der Waals surface area contributed by atoms with E-state index < -0.39 is 8.25 Å². The minimum atomic E-state index is -2.41. The van der Waals surface area contributed by atoms with Gasteiger partial charge in [-0.1, -0.05) is 4.73 Å². The zero-order chi connectivity index (χ0) is 9.97. The second-order valence-electron chi connectivity index (χ2n) is 2.21. The van der Waals surface area contributed by atoms with Crippen LogP contribution in [0.1, 0.15) is 0 Å². The summed E-state index contributed by atoms with van der Waals surface area (Å²) in [6, 6.07) is 0. The molecule has 9 heteroatoms. The third-order valence-electron chi connectivity index (χ3n) is 1.42. The topological polar surface area (TPSA) is 105 Å². The molecule has 0 saturated carbocycles. The Labute approximate surface area is 78.5 Å². The molecule has 2 rings (SSSR count). The SMILES string of the molecule is NO[P+](=O)On1cnc2cncnc21. The van der Waals surface area contributed by atoms with Gasteiger partial charge in [0.1, 0.15) is 18.2 Å². The Morgan fingerprint density at radius 1 is 1.50 bits per heavy atom. The van der Waals surface area contributed by atoms with Crippen molar-refractivity contribution in [3.8, 4) is 0 Å². The lowest BCUT2D eigenvalue weighted by Gasteiger charge is -1.90. The first-order valence-corrected chi connectivity index (χ1v) is 4.56. The van der Waals surface area contributed by atoms with Crippen molar-refractivity contribution in [2.45, 2.75) is 0 Å². The maximum absolute atomic E-state index is 10.8. The highest BCUT2D eigenvalue weighted by Crippen LogP contribution is 2.17. The lowest BCUT2D eigenvalue weighted by Crippen LogP contribution is -2.05. The number of rotatable bonds is 3. The summed E-state index contributed by atoms with van der Waals surface area (Å²) in [5.41, 5.74) is 0.910. The summed E-state index contributed by atoms with van der Waals surface area (Å²) in [5.74, 6) is 4.66. The maximum Gasteiger partial charge on any atom is 0.790 e. The van der Waals surface area contributed by atoms with Crippen LogP contribution in [0.25, 0.3) is 11.2 Å². The summed E-state index contributed by atoms with van der Waals surface area (Å²) in [5, 5.41) is 0. The van der Waals surface area contributed by atoms with Crippen molar-refractivity contribution in [1.82, 2.24) is 19.7 Å². The number of hydrogen-bond acceptors (Lipinski definition) is 7. The molecule has 72 valence electrons. The Hall–Kier alpha value is -1.63. The van der Waals surface area contributed by atoms with E-state index in [4.69, 9.17) is 4.62 Å². The van der Waals surface area contributed by atoms with Gasteiger partial charge in [-0.25, -0.2) is 15.0 Å². The minimum absolute atomic E-state index is 0.389. The van der Waals surface area contributed by atoms with Crippen LogP contribution in [-0.4, -0.2) is 19.7 Å². The number of nitrogens with zero attached hydrogens (tertiary/aromatic N) is 4. The van der Waals surface area contributed by atoms with E-state index >= 15 is 0 Å². The molecule has 2 heterocycles. The van der Waals surface area contributed by atoms with Crippen LogP contribution in [0, 0.1) is 0 Å². The lowest BCUT2D eigenvalue weighted by molar-refractivity contribution is 0.216. The molecule has 0 aliphatic heterocycles. The maximum atomic E-state index is 10.8. The molecule has 14 heavy (non-hydrogen) atoms. The molecule has 2 aromatic heterocycles. The van der Waals surface area contributed by atoms with Gasteiger partial charge in [0.25, 0.3) is 0 Å². The van der Waals surface area contributed by atoms with Crippen LogP contribution in [-0.2, 0) is 9.19 Å². The highest BCUT2D eigenvalue weighted by atomic mass is 31.1. The Bertz CT molecular complexity index is 471. The van der Waals surface area contributed by atoms with Gasteiger partial charge in [0.2, 0.25) is 5.65 Å². The molecule has 0 aromatic carbocycles. The predicted molar refractivity (Wildman–Crippen MR) is 44.8 cm³/mol. The Balaban J connectivity index is 2.38. The van der Waals surface area contributed by atoms with Gasteiger partial charge in [-0.3, -0.25) is 0 Å². The third-order valence-corrected chi connectivity index (χ3v) is 1.91. The van der Waals surface area contributed by atoms with Gasteiger partial charge in [-0.15, -0.1) is 4.62 Å². The molecule has 0 fully saturated rings. The van der Waals surface area contributed by atoms with Crippen LogP contribution >= 0.6 is 8.25 Å². The number of nitrogens with two attached hydrogens (primary N) is 1. The van der Waals surface area contributed by atoms with Crippen LogP contribution in [0.4, 0.5) is 0 Å². The minimum Gasteiger partial charge on any atom is -0.242 e. The first-order chi connectivity index (χ1) is 6.81. The normalized spacial score (nSPS) is 11.6. The molecule has 0 saturated heterocycles. The van der Waals surface area contributed by atoms with Crippen LogP contribution in [0.2, 0.25) is 0 Å². The highest BCUT2D eigenvalue weighted by molar-refractivity contribution is 7.33. The Morgan fingerprint density at radius 3 is 3.14 bits per heavy atom. The molecule has 2 aromatic rings. The van der Waals surface area contributed by atoms with Gasteiger partial charge in [-0.2, -0.15) is 5.90 Å². The predicted octanol–water partition coefficient (Wildman–Crippen LogP) is -0.197. The van der Waals surface area contributed by atoms with Crippen LogP contribution in [0.5, 0.6) is 0 Å². The van der Waals surface area contributed by atoms with Gasteiger partial charge in [0.05, 0.1) is 6.20 Å². The van der Waals surface area contributed by atoms with E-state index in [1.807, 2.05) is 0 Å². The molecular weight excluding hydrogens is 209 g/mol. The summed E-state index contributed by atoms with van der Waals surface area (Å²) in [4.78, 5) is 11.5. The van der Waals surface area contributed by atoms with Gasteiger partial charge in [0, 0.05) is 4.57 Å². The summed E-state index contributed by atoms with van der Waals surface area (Å²) >= 11 is 0. The van der Waals surface area contributed by atoms with Gasteiger partial charge < -0.3 is 0 Å². The molecule has 0 spiro atoms. The van der Waals surface area contributed by atoms with Gasteiger partial charge in [0.15, 0.2) is 0 Å². The van der Waals surface area contributed by atoms with Crippen LogP contribution in [0.3, 0.4) is 0 Å². The smallest absolute Gasteiger partial charge is 0.242 e. The fraction of sp³-hybridized carbons (Fsp3) is 0. The molecule has 0 aliphatic rings. The third kappa shape index (κ3) is 1.53. The first-order valence-electron chi connectivity index (χ1n) is 3.47. The van der Waals surface area contributed by atoms with Crippen molar-refractivity contribution in [2.75, 3.05) is 0 Å². The summed E-state index contributed by atoms with van der Waals surface area (Å²) in [7, 11) is -2.41. The molecule has 1 atom stereocenters. The molecule has 8 nitrogen and oxygen atoms in total. The average Bonchev–Trinajstić information content (AvgIpc) is 2.62. The number of aromatic nitrogens is 4. The summed E-state index contributed by atoms with van der Waals surface area (Å²) < 4.78 is 20.6. The Morgan fingerprint density at radius 2 is 2.36 bits per heavy atom. The molecule has 0 aliphatic carbocycles. The quantitative estimate of drug-likeness (QED) is 0.557. The van der Waals surface area contributed by atoms with E-state index in [-0.39, 0.29) is 0 Å².